The molecule has 1 aliphatic heterocycles. The molecular formula is C22H22ClN3O. The first kappa shape index (κ1) is 18.0. The Labute approximate surface area is 164 Å². The molecule has 1 aromatic heterocycles. The number of pyridine rings is 1. The summed E-state index contributed by atoms with van der Waals surface area (Å²) in [6.07, 6.45) is 2.28. The van der Waals surface area contributed by atoms with Gasteiger partial charge in [0.25, 0.3) is 0 Å². The van der Waals surface area contributed by atoms with Crippen LogP contribution in [-0.2, 0) is 17.8 Å². The van der Waals surface area contributed by atoms with E-state index in [1.165, 1.54) is 10.9 Å². The Balaban J connectivity index is 1.34. The van der Waals surface area contributed by atoms with Gasteiger partial charge in [-0.3, -0.25) is 14.7 Å². The Kier molecular flexibility index (Phi) is 5.37. The van der Waals surface area contributed by atoms with Gasteiger partial charge in [0.1, 0.15) is 0 Å². The lowest BCUT2D eigenvalue weighted by Crippen LogP contribution is -2.48. The molecule has 4 rings (SSSR count). The van der Waals surface area contributed by atoms with E-state index in [1.807, 2.05) is 41.4 Å². The molecular weight excluding hydrogens is 358 g/mol. The molecule has 5 heteroatoms. The van der Waals surface area contributed by atoms with Gasteiger partial charge in [-0.2, -0.15) is 0 Å². The van der Waals surface area contributed by atoms with E-state index in [0.717, 1.165) is 43.8 Å². The minimum Gasteiger partial charge on any atom is -0.340 e. The lowest BCUT2D eigenvalue weighted by molar-refractivity contribution is -0.132. The fourth-order valence-electron chi connectivity index (χ4n) is 3.58. The van der Waals surface area contributed by atoms with Crippen molar-refractivity contribution in [1.82, 2.24) is 14.8 Å². The van der Waals surface area contributed by atoms with Gasteiger partial charge >= 0.3 is 0 Å². The second-order valence-electron chi connectivity index (χ2n) is 6.95. The highest BCUT2D eigenvalue weighted by Crippen LogP contribution is 2.19. The summed E-state index contributed by atoms with van der Waals surface area (Å²) < 4.78 is 0. The Morgan fingerprint density at radius 1 is 0.963 bits per heavy atom. The molecule has 0 saturated carbocycles. The molecule has 1 amide bonds. The number of fused-ring (bicyclic) bond motifs is 1. The van der Waals surface area contributed by atoms with E-state index in [-0.39, 0.29) is 5.91 Å². The normalized spacial score (nSPS) is 15.2. The fourth-order valence-corrected chi connectivity index (χ4v) is 3.71. The standard InChI is InChI=1S/C22H22ClN3O/c23-20-8-6-17(7-9-20)15-21(27)26-13-11-25(12-14-26)16-19-4-1-3-18-5-2-10-24-22(18)19/h1-10H,11-16H2. The van der Waals surface area contributed by atoms with Crippen molar-refractivity contribution in [1.29, 1.82) is 0 Å². The molecule has 0 bridgehead atoms. The molecule has 138 valence electrons. The number of carbonyl (C=O) groups is 1. The number of rotatable bonds is 4. The van der Waals surface area contributed by atoms with Crippen LogP contribution < -0.4 is 0 Å². The van der Waals surface area contributed by atoms with E-state index in [9.17, 15) is 4.79 Å². The maximum Gasteiger partial charge on any atom is 0.227 e. The molecule has 1 fully saturated rings. The van der Waals surface area contributed by atoms with Crippen molar-refractivity contribution in [3.63, 3.8) is 0 Å². The Hall–Kier alpha value is -2.43. The van der Waals surface area contributed by atoms with E-state index in [0.29, 0.717) is 11.4 Å². The number of piperazine rings is 1. The molecule has 2 aromatic carbocycles. The molecule has 0 spiro atoms. The first-order valence-electron chi connectivity index (χ1n) is 9.26. The highest BCUT2D eigenvalue weighted by Gasteiger charge is 2.21. The van der Waals surface area contributed by atoms with Gasteiger partial charge in [0.05, 0.1) is 11.9 Å². The van der Waals surface area contributed by atoms with Crippen molar-refractivity contribution in [2.75, 3.05) is 26.2 Å². The van der Waals surface area contributed by atoms with Crippen molar-refractivity contribution >= 4 is 28.4 Å². The van der Waals surface area contributed by atoms with Crippen molar-refractivity contribution in [3.05, 3.63) is 76.9 Å². The van der Waals surface area contributed by atoms with Crippen molar-refractivity contribution in [3.8, 4) is 0 Å². The van der Waals surface area contributed by atoms with E-state index >= 15 is 0 Å². The summed E-state index contributed by atoms with van der Waals surface area (Å²) in [6.45, 7) is 4.17. The molecule has 0 N–H and O–H groups in total. The van der Waals surface area contributed by atoms with Gasteiger partial charge < -0.3 is 4.90 Å². The van der Waals surface area contributed by atoms with Crippen LogP contribution in [0.3, 0.4) is 0 Å². The van der Waals surface area contributed by atoms with Crippen LogP contribution in [0.5, 0.6) is 0 Å². The van der Waals surface area contributed by atoms with Gasteiger partial charge in [-0.25, -0.2) is 0 Å². The van der Waals surface area contributed by atoms with Gasteiger partial charge in [-0.15, -0.1) is 0 Å². The zero-order valence-electron chi connectivity index (χ0n) is 15.1. The number of hydrogen-bond acceptors (Lipinski definition) is 3. The average Bonchev–Trinajstić information content (AvgIpc) is 2.70. The summed E-state index contributed by atoms with van der Waals surface area (Å²) in [5, 5.41) is 1.87. The molecule has 2 heterocycles. The molecule has 1 aliphatic rings. The van der Waals surface area contributed by atoms with E-state index < -0.39 is 0 Å². The van der Waals surface area contributed by atoms with Crippen molar-refractivity contribution < 1.29 is 4.79 Å². The third-order valence-electron chi connectivity index (χ3n) is 5.10. The third kappa shape index (κ3) is 4.29. The summed E-state index contributed by atoms with van der Waals surface area (Å²) in [6, 6.07) is 17.9. The number of halogens is 1. The van der Waals surface area contributed by atoms with E-state index in [4.69, 9.17) is 11.6 Å². The van der Waals surface area contributed by atoms with Gasteiger partial charge in [0, 0.05) is 49.3 Å². The third-order valence-corrected chi connectivity index (χ3v) is 5.36. The monoisotopic (exact) mass is 379 g/mol. The van der Waals surface area contributed by atoms with Crippen LogP contribution in [0.4, 0.5) is 0 Å². The quantitative estimate of drug-likeness (QED) is 0.692. The number of carbonyl (C=O) groups excluding carboxylic acids is 1. The molecule has 1 saturated heterocycles. The molecule has 0 unspecified atom stereocenters. The number of amides is 1. The highest BCUT2D eigenvalue weighted by molar-refractivity contribution is 6.30. The predicted molar refractivity (Wildman–Crippen MR) is 109 cm³/mol. The summed E-state index contributed by atoms with van der Waals surface area (Å²) in [7, 11) is 0. The summed E-state index contributed by atoms with van der Waals surface area (Å²) in [5.74, 6) is 0.184. The molecule has 0 aliphatic carbocycles. The van der Waals surface area contributed by atoms with E-state index in [1.54, 1.807) is 0 Å². The number of para-hydroxylation sites is 1. The SMILES string of the molecule is O=C(Cc1ccc(Cl)cc1)N1CCN(Cc2cccc3cccnc23)CC1. The second-order valence-corrected chi connectivity index (χ2v) is 7.39. The van der Waals surface area contributed by atoms with Gasteiger partial charge in [-0.1, -0.05) is 48.0 Å². The zero-order chi connectivity index (χ0) is 18.6. The minimum absolute atomic E-state index is 0.184. The Morgan fingerprint density at radius 2 is 1.70 bits per heavy atom. The van der Waals surface area contributed by atoms with Crippen LogP contribution in [0.2, 0.25) is 5.02 Å². The average molecular weight is 380 g/mol. The molecule has 3 aromatic rings. The van der Waals surface area contributed by atoms with Crippen LogP contribution in [0.1, 0.15) is 11.1 Å². The van der Waals surface area contributed by atoms with Gasteiger partial charge in [0.2, 0.25) is 5.91 Å². The van der Waals surface area contributed by atoms with E-state index in [2.05, 4.69) is 34.1 Å². The lowest BCUT2D eigenvalue weighted by Gasteiger charge is -2.35. The maximum atomic E-state index is 12.6. The Morgan fingerprint density at radius 3 is 2.48 bits per heavy atom. The summed E-state index contributed by atoms with van der Waals surface area (Å²) in [4.78, 5) is 21.5. The number of nitrogens with zero attached hydrogens (tertiary/aromatic N) is 3. The molecule has 27 heavy (non-hydrogen) atoms. The number of benzene rings is 2. The van der Waals surface area contributed by atoms with Crippen molar-refractivity contribution in [2.45, 2.75) is 13.0 Å². The van der Waals surface area contributed by atoms with Crippen LogP contribution in [0, 0.1) is 0 Å². The van der Waals surface area contributed by atoms with Gasteiger partial charge in [-0.05, 0) is 29.3 Å². The number of aromatic nitrogens is 1. The van der Waals surface area contributed by atoms with Gasteiger partial charge in [0.15, 0.2) is 0 Å². The Bertz CT molecular complexity index is 928. The zero-order valence-corrected chi connectivity index (χ0v) is 15.9. The highest BCUT2D eigenvalue weighted by atomic mass is 35.5. The topological polar surface area (TPSA) is 36.4 Å². The molecule has 0 radical (unpaired) electrons. The fraction of sp³-hybridized carbons (Fsp3) is 0.273. The van der Waals surface area contributed by atoms with Crippen LogP contribution >= 0.6 is 11.6 Å². The smallest absolute Gasteiger partial charge is 0.227 e. The first-order chi connectivity index (χ1) is 13.2. The van der Waals surface area contributed by atoms with Crippen molar-refractivity contribution in [2.24, 2.45) is 0 Å². The molecule has 0 atom stereocenters. The second kappa shape index (κ2) is 8.07. The first-order valence-corrected chi connectivity index (χ1v) is 9.64. The van der Waals surface area contributed by atoms with Crippen LogP contribution in [-0.4, -0.2) is 46.9 Å². The lowest BCUT2D eigenvalue weighted by atomic mass is 10.1. The van der Waals surface area contributed by atoms with Crippen LogP contribution in [0.15, 0.2) is 60.8 Å². The maximum absolute atomic E-state index is 12.6. The largest absolute Gasteiger partial charge is 0.340 e. The number of hydrogen-bond donors (Lipinski definition) is 0. The summed E-state index contributed by atoms with van der Waals surface area (Å²) >= 11 is 5.91. The minimum atomic E-state index is 0.184. The predicted octanol–water partition coefficient (Wildman–Crippen LogP) is 3.78. The molecule has 4 nitrogen and oxygen atoms in total. The van der Waals surface area contributed by atoms with Crippen LogP contribution in [0.25, 0.3) is 10.9 Å². The summed E-state index contributed by atoms with van der Waals surface area (Å²) in [5.41, 5.74) is 3.32.